The van der Waals surface area contributed by atoms with E-state index in [1.54, 1.807) is 0 Å². The quantitative estimate of drug-likeness (QED) is 0.401. The van der Waals surface area contributed by atoms with Gasteiger partial charge in [-0.2, -0.15) is 4.79 Å². The van der Waals surface area contributed by atoms with Gasteiger partial charge in [-0.05, 0) is 27.7 Å². The molecule has 0 aromatic carbocycles. The predicted molar refractivity (Wildman–Crippen MR) is 47.0 cm³/mol. The minimum Gasteiger partial charge on any atom is -0.379 e. The molecule has 12 heavy (non-hydrogen) atoms. The third-order valence-corrected chi connectivity index (χ3v) is 2.31. The van der Waals surface area contributed by atoms with Crippen LogP contribution < -0.4 is 0 Å². The van der Waals surface area contributed by atoms with Crippen molar-refractivity contribution < 1.29 is 9.53 Å². The summed E-state index contributed by atoms with van der Waals surface area (Å²) in [4.78, 5) is 3.39. The summed E-state index contributed by atoms with van der Waals surface area (Å²) in [5.74, 6) is 0. The van der Waals surface area contributed by atoms with Crippen LogP contribution in [0.4, 0.5) is 0 Å². The number of nitrogens with zero attached hydrogens (tertiary/aromatic N) is 2. The maximum atomic E-state index is 8.89. The van der Waals surface area contributed by atoms with Crippen LogP contribution in [0, 0.1) is 10.8 Å². The zero-order valence-electron chi connectivity index (χ0n) is 8.22. The van der Waals surface area contributed by atoms with Crippen LogP contribution in [0.15, 0.2) is 0 Å². The van der Waals surface area contributed by atoms with Gasteiger partial charge in [-0.15, -0.1) is 0 Å². The van der Waals surface area contributed by atoms with Crippen LogP contribution in [0.5, 0.6) is 0 Å². The Morgan fingerprint density at radius 1 is 1.17 bits per heavy atom. The van der Waals surface area contributed by atoms with Gasteiger partial charge >= 0.3 is 0 Å². The highest BCUT2D eigenvalue weighted by molar-refractivity contribution is 5.90. The van der Waals surface area contributed by atoms with E-state index in [9.17, 15) is 0 Å². The lowest BCUT2D eigenvalue weighted by Crippen LogP contribution is -2.48. The lowest BCUT2D eigenvalue weighted by Gasteiger charge is -2.34. The van der Waals surface area contributed by atoms with E-state index in [1.165, 1.54) is 0 Å². The molecular formula is C9H16N2O. The second-order valence-corrected chi connectivity index (χ2v) is 4.71. The molecule has 1 saturated heterocycles. The number of hydrogen-bond donors (Lipinski definition) is 0. The summed E-state index contributed by atoms with van der Waals surface area (Å²) in [5, 5.41) is 0. The van der Waals surface area contributed by atoms with Crippen LogP contribution in [0.25, 0.3) is 5.53 Å². The Morgan fingerprint density at radius 3 is 1.83 bits per heavy atom. The molecule has 1 fully saturated rings. The molecule has 1 heterocycles. The van der Waals surface area contributed by atoms with Gasteiger partial charge in [0.05, 0.1) is 24.0 Å². The van der Waals surface area contributed by atoms with E-state index in [0.717, 1.165) is 5.71 Å². The van der Waals surface area contributed by atoms with Crippen molar-refractivity contribution in [3.05, 3.63) is 5.53 Å². The highest BCUT2D eigenvalue weighted by Gasteiger charge is 2.48. The molecule has 1 aliphatic heterocycles. The van der Waals surface area contributed by atoms with Gasteiger partial charge in [0.2, 0.25) is 0 Å². The molecule has 0 atom stereocenters. The van der Waals surface area contributed by atoms with Crippen LogP contribution in [0.1, 0.15) is 27.7 Å². The fraction of sp³-hybridized carbons (Fsp3) is 0.889. The molecule has 0 amide bonds. The van der Waals surface area contributed by atoms with E-state index >= 15 is 0 Å². The predicted octanol–water partition coefficient (Wildman–Crippen LogP) is 1.74. The topological polar surface area (TPSA) is 45.6 Å². The molecule has 0 aliphatic carbocycles. The van der Waals surface area contributed by atoms with Crippen molar-refractivity contribution in [1.82, 2.24) is 0 Å². The maximum Gasteiger partial charge on any atom is 0.284 e. The summed E-state index contributed by atoms with van der Waals surface area (Å²) < 4.78 is 5.44. The van der Waals surface area contributed by atoms with Crippen LogP contribution >= 0.6 is 0 Å². The zero-order valence-corrected chi connectivity index (χ0v) is 8.22. The minimum atomic E-state index is -0.142. The van der Waals surface area contributed by atoms with Gasteiger partial charge in [-0.25, -0.2) is 0 Å². The molecule has 0 radical (unpaired) electrons. The summed E-state index contributed by atoms with van der Waals surface area (Å²) in [7, 11) is 0. The van der Waals surface area contributed by atoms with Crippen molar-refractivity contribution in [3.63, 3.8) is 0 Å². The summed E-state index contributed by atoms with van der Waals surface area (Å²) in [5.41, 5.74) is 9.44. The molecule has 3 heteroatoms. The number of ether oxygens (including phenoxy) is 1. The SMILES string of the molecule is CC1(C)COCC(C)(C)C1=[N+]=[N-]. The molecule has 0 N–H and O–H groups in total. The third-order valence-electron chi connectivity index (χ3n) is 2.31. The smallest absolute Gasteiger partial charge is 0.284 e. The standard InChI is InChI=1S/C9H16N2O/c1-8(2)5-12-6-9(3,4)7(8)11-10/h5-6H2,1-4H3. The second-order valence-electron chi connectivity index (χ2n) is 4.71. The first-order valence-electron chi connectivity index (χ1n) is 4.21. The first-order valence-corrected chi connectivity index (χ1v) is 4.21. The monoisotopic (exact) mass is 168 g/mol. The van der Waals surface area contributed by atoms with Crippen molar-refractivity contribution in [2.45, 2.75) is 27.7 Å². The molecule has 0 bridgehead atoms. The molecule has 0 spiro atoms. The highest BCUT2D eigenvalue weighted by atomic mass is 16.5. The van der Waals surface area contributed by atoms with Crippen molar-refractivity contribution in [2.75, 3.05) is 13.2 Å². The van der Waals surface area contributed by atoms with E-state index in [1.807, 2.05) is 27.7 Å². The Morgan fingerprint density at radius 2 is 1.58 bits per heavy atom. The van der Waals surface area contributed by atoms with Gasteiger partial charge in [0.25, 0.3) is 5.71 Å². The van der Waals surface area contributed by atoms with Gasteiger partial charge in [-0.1, -0.05) is 0 Å². The molecular weight excluding hydrogens is 152 g/mol. The summed E-state index contributed by atoms with van der Waals surface area (Å²) in [6.07, 6.45) is 0. The lowest BCUT2D eigenvalue weighted by molar-refractivity contribution is -0.0733. The van der Waals surface area contributed by atoms with Crippen LogP contribution in [-0.4, -0.2) is 23.7 Å². The average Bonchev–Trinajstić information content (AvgIpc) is 1.83. The Hall–Kier alpha value is -0.660. The van der Waals surface area contributed by atoms with E-state index in [0.29, 0.717) is 13.2 Å². The molecule has 0 aromatic heterocycles. The largest absolute Gasteiger partial charge is 0.379 e. The average molecular weight is 168 g/mol. The third kappa shape index (κ3) is 1.43. The molecule has 1 aliphatic rings. The molecule has 0 unspecified atom stereocenters. The normalized spacial score (nSPS) is 26.5. The number of rotatable bonds is 0. The first-order chi connectivity index (χ1) is 5.40. The second kappa shape index (κ2) is 2.68. The van der Waals surface area contributed by atoms with E-state index < -0.39 is 0 Å². The Balaban J connectivity index is 3.06. The molecule has 0 aromatic rings. The summed E-state index contributed by atoms with van der Waals surface area (Å²) in [6.45, 7) is 9.39. The number of hydrogen-bond acceptors (Lipinski definition) is 1. The molecule has 3 nitrogen and oxygen atoms in total. The van der Waals surface area contributed by atoms with Crippen molar-refractivity contribution in [3.8, 4) is 0 Å². The Kier molecular flexibility index (Phi) is 2.11. The van der Waals surface area contributed by atoms with Gasteiger partial charge in [-0.3, -0.25) is 0 Å². The molecule has 1 rings (SSSR count). The minimum absolute atomic E-state index is 0.142. The van der Waals surface area contributed by atoms with Crippen molar-refractivity contribution in [2.24, 2.45) is 10.8 Å². The lowest BCUT2D eigenvalue weighted by atomic mass is 9.72. The fourth-order valence-corrected chi connectivity index (χ4v) is 1.88. The fourth-order valence-electron chi connectivity index (χ4n) is 1.88. The van der Waals surface area contributed by atoms with E-state index in [2.05, 4.69) is 4.79 Å². The van der Waals surface area contributed by atoms with E-state index in [4.69, 9.17) is 10.3 Å². The maximum absolute atomic E-state index is 8.89. The first kappa shape index (κ1) is 9.43. The van der Waals surface area contributed by atoms with E-state index in [-0.39, 0.29) is 10.8 Å². The van der Waals surface area contributed by atoms with Crippen LogP contribution in [0.2, 0.25) is 0 Å². The summed E-state index contributed by atoms with van der Waals surface area (Å²) >= 11 is 0. The van der Waals surface area contributed by atoms with Crippen LogP contribution in [-0.2, 0) is 4.74 Å². The van der Waals surface area contributed by atoms with Gasteiger partial charge < -0.3 is 10.3 Å². The molecule has 68 valence electrons. The van der Waals surface area contributed by atoms with Crippen molar-refractivity contribution in [1.29, 1.82) is 0 Å². The van der Waals surface area contributed by atoms with Gasteiger partial charge in [0.15, 0.2) is 0 Å². The van der Waals surface area contributed by atoms with Gasteiger partial charge in [0.1, 0.15) is 0 Å². The van der Waals surface area contributed by atoms with Crippen LogP contribution in [0.3, 0.4) is 0 Å². The Bertz CT molecular complexity index is 219. The summed E-state index contributed by atoms with van der Waals surface area (Å²) in [6, 6.07) is 0. The van der Waals surface area contributed by atoms with Crippen molar-refractivity contribution >= 4 is 5.71 Å². The highest BCUT2D eigenvalue weighted by Crippen LogP contribution is 2.34. The Labute approximate surface area is 73.3 Å². The van der Waals surface area contributed by atoms with Gasteiger partial charge in [0, 0.05) is 0 Å². The molecule has 0 saturated carbocycles. The zero-order chi connectivity index (χ0) is 9.41.